The Kier molecular flexibility index (Phi) is 4.38. The lowest BCUT2D eigenvalue weighted by molar-refractivity contribution is -0.150. The molecule has 1 atom stereocenters. The van der Waals surface area contributed by atoms with Crippen molar-refractivity contribution in [3.63, 3.8) is 0 Å². The van der Waals surface area contributed by atoms with Gasteiger partial charge in [-0.25, -0.2) is 0 Å². The summed E-state index contributed by atoms with van der Waals surface area (Å²) in [7, 11) is 0. The highest BCUT2D eigenvalue weighted by atomic mass is 16.5. The molecule has 1 heterocycles. The molecule has 0 aliphatic carbocycles. The summed E-state index contributed by atoms with van der Waals surface area (Å²) in [6.45, 7) is 1.74. The molecule has 1 aliphatic heterocycles. The molecule has 1 fully saturated rings. The zero-order valence-electron chi connectivity index (χ0n) is 10.3. The van der Waals surface area contributed by atoms with E-state index in [-0.39, 0.29) is 12.0 Å². The molecule has 3 nitrogen and oxygen atoms in total. The van der Waals surface area contributed by atoms with E-state index in [1.165, 1.54) is 0 Å². The Morgan fingerprint density at radius 3 is 2.94 bits per heavy atom. The van der Waals surface area contributed by atoms with Crippen LogP contribution >= 0.6 is 0 Å². The van der Waals surface area contributed by atoms with Crippen LogP contribution in [0.5, 0.6) is 0 Å². The average Bonchev–Trinajstić information content (AvgIpc) is 2.86. The Balaban J connectivity index is 1.86. The van der Waals surface area contributed by atoms with Gasteiger partial charge in [0.2, 0.25) is 0 Å². The van der Waals surface area contributed by atoms with E-state index in [9.17, 15) is 4.79 Å². The number of benzene rings is 1. The number of hydrogen-bond acceptors (Lipinski definition) is 3. The third-order valence-corrected chi connectivity index (χ3v) is 3.15. The molecule has 0 spiro atoms. The fraction of sp³-hybridized carbons (Fsp3) is 0.400. The fourth-order valence-corrected chi connectivity index (χ4v) is 2.22. The molecular formula is C15H17NO2. The van der Waals surface area contributed by atoms with Gasteiger partial charge in [-0.2, -0.15) is 0 Å². The van der Waals surface area contributed by atoms with Gasteiger partial charge in [-0.05, 0) is 18.4 Å². The second-order valence-corrected chi connectivity index (χ2v) is 4.43. The third kappa shape index (κ3) is 3.12. The van der Waals surface area contributed by atoms with Crippen LogP contribution in [0.2, 0.25) is 0 Å². The average molecular weight is 243 g/mol. The number of ether oxygens (including phenoxy) is 1. The highest BCUT2D eigenvalue weighted by Crippen LogP contribution is 2.18. The quantitative estimate of drug-likeness (QED) is 0.597. The molecular weight excluding hydrogens is 226 g/mol. The van der Waals surface area contributed by atoms with E-state index in [4.69, 9.17) is 11.2 Å². The van der Waals surface area contributed by atoms with Gasteiger partial charge in [0.05, 0.1) is 6.54 Å². The Hall–Kier alpha value is -1.79. The maximum atomic E-state index is 12.0. The summed E-state index contributed by atoms with van der Waals surface area (Å²) in [5, 5.41) is 0. The second-order valence-electron chi connectivity index (χ2n) is 4.43. The summed E-state index contributed by atoms with van der Waals surface area (Å²) < 4.78 is 5.34. The first kappa shape index (κ1) is 12.7. The van der Waals surface area contributed by atoms with Gasteiger partial charge >= 0.3 is 5.97 Å². The summed E-state index contributed by atoms with van der Waals surface area (Å²) in [4.78, 5) is 14.0. The van der Waals surface area contributed by atoms with Gasteiger partial charge in [-0.15, -0.1) is 6.42 Å². The number of likely N-dealkylation sites (tertiary alicyclic amines) is 1. The van der Waals surface area contributed by atoms with Crippen molar-refractivity contribution in [3.8, 4) is 12.3 Å². The van der Waals surface area contributed by atoms with Crippen molar-refractivity contribution in [2.45, 2.75) is 25.5 Å². The first-order chi connectivity index (χ1) is 8.81. The normalized spacial score (nSPS) is 19.4. The molecule has 18 heavy (non-hydrogen) atoms. The van der Waals surface area contributed by atoms with Gasteiger partial charge in [0, 0.05) is 6.54 Å². The minimum absolute atomic E-state index is 0.161. The van der Waals surface area contributed by atoms with E-state index < -0.39 is 0 Å². The van der Waals surface area contributed by atoms with E-state index >= 15 is 0 Å². The molecule has 1 aliphatic rings. The Bertz CT molecular complexity index is 436. The summed E-state index contributed by atoms with van der Waals surface area (Å²) in [5.41, 5.74) is 1.01. The standard InChI is InChI=1S/C15H17NO2/c1-2-10-16-11-6-9-14(16)15(17)18-12-13-7-4-3-5-8-13/h1,3-5,7-8,14H,6,9-12H2/t14-/m0/s1. The van der Waals surface area contributed by atoms with Crippen molar-refractivity contribution in [2.24, 2.45) is 0 Å². The lowest BCUT2D eigenvalue weighted by Crippen LogP contribution is -2.37. The van der Waals surface area contributed by atoms with Crippen molar-refractivity contribution >= 4 is 5.97 Å². The topological polar surface area (TPSA) is 29.5 Å². The van der Waals surface area contributed by atoms with E-state index in [0.29, 0.717) is 13.2 Å². The van der Waals surface area contributed by atoms with Gasteiger partial charge in [-0.3, -0.25) is 9.69 Å². The van der Waals surface area contributed by atoms with Crippen molar-refractivity contribution < 1.29 is 9.53 Å². The van der Waals surface area contributed by atoms with Crippen molar-refractivity contribution in [2.75, 3.05) is 13.1 Å². The SMILES string of the molecule is C#CCN1CCC[C@H]1C(=O)OCc1ccccc1. The van der Waals surface area contributed by atoms with Crippen LogP contribution in [0.4, 0.5) is 0 Å². The molecule has 2 rings (SSSR count). The Morgan fingerprint density at radius 2 is 2.22 bits per heavy atom. The maximum Gasteiger partial charge on any atom is 0.323 e. The largest absolute Gasteiger partial charge is 0.460 e. The monoisotopic (exact) mass is 243 g/mol. The minimum atomic E-state index is -0.162. The Morgan fingerprint density at radius 1 is 1.44 bits per heavy atom. The number of nitrogens with zero attached hydrogens (tertiary/aromatic N) is 1. The highest BCUT2D eigenvalue weighted by molar-refractivity contribution is 5.76. The summed E-state index contributed by atoms with van der Waals surface area (Å²) in [6.07, 6.45) is 7.14. The van der Waals surface area contributed by atoms with E-state index in [0.717, 1.165) is 24.9 Å². The molecule has 0 radical (unpaired) electrons. The van der Waals surface area contributed by atoms with E-state index in [2.05, 4.69) is 5.92 Å². The van der Waals surface area contributed by atoms with Crippen molar-refractivity contribution in [1.29, 1.82) is 0 Å². The minimum Gasteiger partial charge on any atom is -0.460 e. The van der Waals surface area contributed by atoms with Crippen LogP contribution in [0.1, 0.15) is 18.4 Å². The van der Waals surface area contributed by atoms with Crippen molar-refractivity contribution in [3.05, 3.63) is 35.9 Å². The Labute approximate surface area is 108 Å². The highest BCUT2D eigenvalue weighted by Gasteiger charge is 2.31. The third-order valence-electron chi connectivity index (χ3n) is 3.15. The molecule has 0 N–H and O–H groups in total. The molecule has 0 unspecified atom stereocenters. The second kappa shape index (κ2) is 6.23. The summed E-state index contributed by atoms with van der Waals surface area (Å²) >= 11 is 0. The van der Waals surface area contributed by atoms with Gasteiger partial charge in [0.25, 0.3) is 0 Å². The van der Waals surface area contributed by atoms with Crippen LogP contribution in [0.25, 0.3) is 0 Å². The van der Waals surface area contributed by atoms with Crippen LogP contribution in [0.15, 0.2) is 30.3 Å². The first-order valence-electron chi connectivity index (χ1n) is 6.19. The summed E-state index contributed by atoms with van der Waals surface area (Å²) in [5.74, 6) is 2.43. The molecule has 3 heteroatoms. The van der Waals surface area contributed by atoms with Gasteiger partial charge in [0.1, 0.15) is 12.6 Å². The molecule has 0 aromatic heterocycles. The number of hydrogen-bond donors (Lipinski definition) is 0. The predicted octanol–water partition coefficient (Wildman–Crippen LogP) is 1.83. The first-order valence-corrected chi connectivity index (χ1v) is 6.19. The fourth-order valence-electron chi connectivity index (χ4n) is 2.22. The van der Waals surface area contributed by atoms with Crippen LogP contribution in [0.3, 0.4) is 0 Å². The number of terminal acetylenes is 1. The predicted molar refractivity (Wildman–Crippen MR) is 69.7 cm³/mol. The zero-order valence-corrected chi connectivity index (χ0v) is 10.3. The van der Waals surface area contributed by atoms with Gasteiger partial charge < -0.3 is 4.74 Å². The maximum absolute atomic E-state index is 12.0. The lowest BCUT2D eigenvalue weighted by atomic mass is 10.2. The number of carbonyl (C=O) groups is 1. The molecule has 1 aromatic rings. The van der Waals surface area contributed by atoms with Crippen LogP contribution < -0.4 is 0 Å². The summed E-state index contributed by atoms with van der Waals surface area (Å²) in [6, 6.07) is 9.54. The zero-order chi connectivity index (χ0) is 12.8. The van der Waals surface area contributed by atoms with Crippen molar-refractivity contribution in [1.82, 2.24) is 4.90 Å². The van der Waals surface area contributed by atoms with Crippen LogP contribution in [0, 0.1) is 12.3 Å². The van der Waals surface area contributed by atoms with Gasteiger partial charge in [0.15, 0.2) is 0 Å². The smallest absolute Gasteiger partial charge is 0.323 e. The number of esters is 1. The lowest BCUT2D eigenvalue weighted by Gasteiger charge is -2.20. The number of rotatable bonds is 4. The van der Waals surface area contributed by atoms with E-state index in [1.807, 2.05) is 35.2 Å². The molecule has 0 amide bonds. The molecule has 1 saturated heterocycles. The molecule has 0 saturated carbocycles. The molecule has 0 bridgehead atoms. The van der Waals surface area contributed by atoms with Crippen LogP contribution in [-0.2, 0) is 16.1 Å². The van der Waals surface area contributed by atoms with E-state index in [1.54, 1.807) is 0 Å². The molecule has 1 aromatic carbocycles. The number of carbonyl (C=O) groups excluding carboxylic acids is 1. The van der Waals surface area contributed by atoms with Gasteiger partial charge in [-0.1, -0.05) is 36.3 Å². The van der Waals surface area contributed by atoms with Crippen LogP contribution in [-0.4, -0.2) is 30.0 Å². The molecule has 94 valence electrons.